The van der Waals surface area contributed by atoms with Crippen LogP contribution in [0.5, 0.6) is 0 Å². The quantitative estimate of drug-likeness (QED) is 0.588. The van der Waals surface area contributed by atoms with Gasteiger partial charge in [-0.3, -0.25) is 14.5 Å². The Labute approximate surface area is 133 Å². The van der Waals surface area contributed by atoms with Crippen molar-refractivity contribution in [2.45, 2.75) is 26.7 Å². The Morgan fingerprint density at radius 3 is 2.33 bits per heavy atom. The minimum Gasteiger partial charge on any atom is -0.356 e. The summed E-state index contributed by atoms with van der Waals surface area (Å²) in [6.45, 7) is 10.1. The number of rotatable bonds is 8. The van der Waals surface area contributed by atoms with Crippen LogP contribution >= 0.6 is 12.4 Å². The normalized spacial score (nSPS) is 15.4. The lowest BCUT2D eigenvalue weighted by Gasteiger charge is -2.27. The molecule has 1 fully saturated rings. The molecule has 0 saturated carbocycles. The number of amides is 2. The Morgan fingerprint density at radius 2 is 1.71 bits per heavy atom. The minimum atomic E-state index is 0. The third-order valence-corrected chi connectivity index (χ3v) is 3.23. The van der Waals surface area contributed by atoms with Crippen molar-refractivity contribution < 1.29 is 9.59 Å². The Hall–Kier alpha value is -0.850. The van der Waals surface area contributed by atoms with E-state index in [1.165, 1.54) is 0 Å². The van der Waals surface area contributed by atoms with Crippen molar-refractivity contribution in [2.24, 2.45) is 5.92 Å². The van der Waals surface area contributed by atoms with Gasteiger partial charge in [-0.1, -0.05) is 13.8 Å². The largest absolute Gasteiger partial charge is 0.356 e. The molecule has 0 radical (unpaired) electrons. The molecule has 0 aromatic heterocycles. The predicted molar refractivity (Wildman–Crippen MR) is 86.6 cm³/mol. The van der Waals surface area contributed by atoms with Crippen molar-refractivity contribution in [3.63, 3.8) is 0 Å². The van der Waals surface area contributed by atoms with Gasteiger partial charge in [0.05, 0.1) is 0 Å². The van der Waals surface area contributed by atoms with E-state index in [9.17, 15) is 9.59 Å². The molecular weight excluding hydrogens is 292 g/mol. The van der Waals surface area contributed by atoms with Gasteiger partial charge in [-0.25, -0.2) is 0 Å². The highest BCUT2D eigenvalue weighted by atomic mass is 35.5. The first-order chi connectivity index (χ1) is 9.58. The molecule has 21 heavy (non-hydrogen) atoms. The molecule has 1 rings (SSSR count). The molecule has 1 aliphatic heterocycles. The first-order valence-corrected chi connectivity index (χ1v) is 7.54. The fourth-order valence-electron chi connectivity index (χ4n) is 2.13. The summed E-state index contributed by atoms with van der Waals surface area (Å²) >= 11 is 0. The zero-order valence-electron chi connectivity index (χ0n) is 13.1. The number of nitrogens with one attached hydrogen (secondary N) is 3. The van der Waals surface area contributed by atoms with E-state index in [-0.39, 0.29) is 24.2 Å². The molecule has 2 amide bonds. The number of piperazine rings is 1. The maximum absolute atomic E-state index is 11.6. The molecule has 1 aliphatic rings. The Bertz CT molecular complexity index is 307. The Balaban J connectivity index is 0.00000400. The highest BCUT2D eigenvalue weighted by molar-refractivity contribution is 5.85. The van der Waals surface area contributed by atoms with Gasteiger partial charge in [-0.15, -0.1) is 12.4 Å². The van der Waals surface area contributed by atoms with Gasteiger partial charge < -0.3 is 16.0 Å². The first-order valence-electron chi connectivity index (χ1n) is 7.54. The third-order valence-electron chi connectivity index (χ3n) is 3.23. The molecule has 0 spiro atoms. The zero-order valence-corrected chi connectivity index (χ0v) is 13.9. The molecule has 0 bridgehead atoms. The standard InChI is InChI=1S/C14H28N4O2.ClH/c1-12(2)11-14(20)16-4-3-13(19)17-7-10-18-8-5-15-6-9-18;/h12,15H,3-11H2,1-2H3,(H,16,20)(H,17,19);1H. The summed E-state index contributed by atoms with van der Waals surface area (Å²) in [5, 5.41) is 8.95. The fourth-order valence-corrected chi connectivity index (χ4v) is 2.13. The molecule has 124 valence electrons. The lowest BCUT2D eigenvalue weighted by atomic mass is 10.1. The second-order valence-corrected chi connectivity index (χ2v) is 5.64. The molecule has 1 heterocycles. The van der Waals surface area contributed by atoms with Gasteiger partial charge in [0, 0.05) is 58.7 Å². The van der Waals surface area contributed by atoms with Crippen molar-refractivity contribution in [3.05, 3.63) is 0 Å². The van der Waals surface area contributed by atoms with Crippen LogP contribution in [0, 0.1) is 5.92 Å². The van der Waals surface area contributed by atoms with E-state index in [2.05, 4.69) is 20.9 Å². The van der Waals surface area contributed by atoms with Crippen LogP contribution in [0.15, 0.2) is 0 Å². The Morgan fingerprint density at radius 1 is 1.10 bits per heavy atom. The van der Waals surface area contributed by atoms with Gasteiger partial charge >= 0.3 is 0 Å². The lowest BCUT2D eigenvalue weighted by Crippen LogP contribution is -2.46. The van der Waals surface area contributed by atoms with Crippen LogP contribution in [0.1, 0.15) is 26.7 Å². The third kappa shape index (κ3) is 10.5. The van der Waals surface area contributed by atoms with E-state index in [1.54, 1.807) is 0 Å². The number of carbonyl (C=O) groups excluding carboxylic acids is 2. The predicted octanol–water partition coefficient (Wildman–Crippen LogP) is -0.0180. The van der Waals surface area contributed by atoms with E-state index in [1.807, 2.05) is 13.8 Å². The zero-order chi connectivity index (χ0) is 14.8. The van der Waals surface area contributed by atoms with Gasteiger partial charge in [0.25, 0.3) is 0 Å². The highest BCUT2D eigenvalue weighted by Gasteiger charge is 2.09. The molecule has 0 aromatic rings. The molecule has 6 nitrogen and oxygen atoms in total. The summed E-state index contributed by atoms with van der Waals surface area (Å²) in [5.74, 6) is 0.376. The van der Waals surface area contributed by atoms with Gasteiger partial charge in [0.1, 0.15) is 0 Å². The van der Waals surface area contributed by atoms with Crippen molar-refractivity contribution in [2.75, 3.05) is 45.8 Å². The molecule has 1 saturated heterocycles. The van der Waals surface area contributed by atoms with E-state index < -0.39 is 0 Å². The number of halogens is 1. The number of carbonyl (C=O) groups is 2. The van der Waals surface area contributed by atoms with Crippen molar-refractivity contribution in [1.29, 1.82) is 0 Å². The first kappa shape index (κ1) is 20.1. The summed E-state index contributed by atoms with van der Waals surface area (Å²) in [6.07, 6.45) is 0.871. The smallest absolute Gasteiger partial charge is 0.221 e. The molecule has 7 heteroatoms. The summed E-state index contributed by atoms with van der Waals surface area (Å²) in [5.41, 5.74) is 0. The lowest BCUT2D eigenvalue weighted by molar-refractivity contribution is -0.122. The van der Waals surface area contributed by atoms with Crippen LogP contribution in [0.3, 0.4) is 0 Å². The number of nitrogens with zero attached hydrogens (tertiary/aromatic N) is 1. The second kappa shape index (κ2) is 11.8. The molecule has 3 N–H and O–H groups in total. The van der Waals surface area contributed by atoms with Gasteiger partial charge in [0.2, 0.25) is 11.8 Å². The molecule has 0 aromatic carbocycles. The summed E-state index contributed by atoms with van der Waals surface area (Å²) < 4.78 is 0. The second-order valence-electron chi connectivity index (χ2n) is 5.64. The maximum Gasteiger partial charge on any atom is 0.221 e. The molecule has 0 atom stereocenters. The Kier molecular flexibility index (Phi) is 11.3. The van der Waals surface area contributed by atoms with Crippen LogP contribution in [-0.2, 0) is 9.59 Å². The number of hydrogen-bond acceptors (Lipinski definition) is 4. The monoisotopic (exact) mass is 320 g/mol. The average Bonchev–Trinajstić information content (AvgIpc) is 2.39. The van der Waals surface area contributed by atoms with Crippen LogP contribution in [0.2, 0.25) is 0 Å². The van der Waals surface area contributed by atoms with Crippen LogP contribution in [0.25, 0.3) is 0 Å². The van der Waals surface area contributed by atoms with E-state index >= 15 is 0 Å². The average molecular weight is 321 g/mol. The fraction of sp³-hybridized carbons (Fsp3) is 0.857. The number of hydrogen-bond donors (Lipinski definition) is 3. The van der Waals surface area contributed by atoms with Crippen LogP contribution in [0.4, 0.5) is 0 Å². The summed E-state index contributed by atoms with van der Waals surface area (Å²) in [7, 11) is 0. The van der Waals surface area contributed by atoms with E-state index in [0.717, 1.165) is 32.7 Å². The molecular formula is C14H29ClN4O2. The summed E-state index contributed by atoms with van der Waals surface area (Å²) in [4.78, 5) is 25.3. The van der Waals surface area contributed by atoms with Crippen molar-refractivity contribution in [3.8, 4) is 0 Å². The van der Waals surface area contributed by atoms with Crippen LogP contribution in [-0.4, -0.2) is 62.5 Å². The molecule has 0 unspecified atom stereocenters. The maximum atomic E-state index is 11.6. The highest BCUT2D eigenvalue weighted by Crippen LogP contribution is 1.97. The van der Waals surface area contributed by atoms with Crippen LogP contribution < -0.4 is 16.0 Å². The SMILES string of the molecule is CC(C)CC(=O)NCCC(=O)NCCN1CCNCC1.Cl. The summed E-state index contributed by atoms with van der Waals surface area (Å²) in [6, 6.07) is 0. The van der Waals surface area contributed by atoms with Gasteiger partial charge in [-0.2, -0.15) is 0 Å². The van der Waals surface area contributed by atoms with Gasteiger partial charge in [0.15, 0.2) is 0 Å². The van der Waals surface area contributed by atoms with Crippen molar-refractivity contribution in [1.82, 2.24) is 20.9 Å². The topological polar surface area (TPSA) is 73.5 Å². The van der Waals surface area contributed by atoms with Crippen molar-refractivity contribution >= 4 is 24.2 Å². The molecule has 0 aliphatic carbocycles. The minimum absolute atomic E-state index is 0. The van der Waals surface area contributed by atoms with Gasteiger partial charge in [-0.05, 0) is 5.92 Å². The van der Waals surface area contributed by atoms with E-state index in [4.69, 9.17) is 0 Å². The van der Waals surface area contributed by atoms with E-state index in [0.29, 0.717) is 31.8 Å².